The molecule has 0 spiro atoms. The molecule has 0 unspecified atom stereocenters. The summed E-state index contributed by atoms with van der Waals surface area (Å²) in [6.07, 6.45) is 0. The van der Waals surface area contributed by atoms with Crippen LogP contribution in [-0.2, 0) is 13.1 Å². The lowest BCUT2D eigenvalue weighted by Crippen LogP contribution is -2.20. The molecule has 0 radical (unpaired) electrons. The van der Waals surface area contributed by atoms with E-state index in [2.05, 4.69) is 26.4 Å². The molecule has 21 heavy (non-hydrogen) atoms. The fraction of sp³-hybridized carbons (Fsp3) is 0.267. The molecule has 108 valence electrons. The van der Waals surface area contributed by atoms with Gasteiger partial charge in [-0.3, -0.25) is 4.90 Å². The Balaban J connectivity index is 2.06. The number of aryl methyl sites for hydroxylation is 1. The molecule has 0 saturated heterocycles. The van der Waals surface area contributed by atoms with Crippen LogP contribution in [0.25, 0.3) is 0 Å². The standard InChI is InChI=1S/C15H18N6/c1-11-6-14(20-17)19-15(18-11)10-21(2)9-13-5-3-4-12(7-13)8-16/h3-7H,9-10,17H2,1-2H3,(H,18,19,20). The minimum Gasteiger partial charge on any atom is -0.308 e. The van der Waals surface area contributed by atoms with E-state index in [9.17, 15) is 0 Å². The van der Waals surface area contributed by atoms with Gasteiger partial charge in [0.25, 0.3) is 0 Å². The van der Waals surface area contributed by atoms with Crippen molar-refractivity contribution >= 4 is 5.82 Å². The van der Waals surface area contributed by atoms with Crippen LogP contribution in [0.4, 0.5) is 5.82 Å². The minimum absolute atomic E-state index is 0.604. The minimum atomic E-state index is 0.604. The topological polar surface area (TPSA) is 90.9 Å². The molecule has 6 heteroatoms. The lowest BCUT2D eigenvalue weighted by molar-refractivity contribution is 0.310. The Morgan fingerprint density at radius 2 is 2.10 bits per heavy atom. The van der Waals surface area contributed by atoms with Gasteiger partial charge in [-0.15, -0.1) is 0 Å². The normalized spacial score (nSPS) is 10.4. The molecular weight excluding hydrogens is 264 g/mol. The third kappa shape index (κ3) is 4.24. The third-order valence-corrected chi connectivity index (χ3v) is 2.97. The smallest absolute Gasteiger partial charge is 0.145 e. The van der Waals surface area contributed by atoms with Gasteiger partial charge in [0.1, 0.15) is 11.6 Å². The summed E-state index contributed by atoms with van der Waals surface area (Å²) >= 11 is 0. The highest BCUT2D eigenvalue weighted by atomic mass is 15.3. The number of hydrogen-bond acceptors (Lipinski definition) is 6. The Morgan fingerprint density at radius 1 is 1.29 bits per heavy atom. The van der Waals surface area contributed by atoms with Crippen LogP contribution in [0.5, 0.6) is 0 Å². The third-order valence-electron chi connectivity index (χ3n) is 2.97. The molecule has 0 atom stereocenters. The van der Waals surface area contributed by atoms with Crippen molar-refractivity contribution in [2.75, 3.05) is 12.5 Å². The summed E-state index contributed by atoms with van der Waals surface area (Å²) in [5.74, 6) is 6.71. The Morgan fingerprint density at radius 3 is 2.81 bits per heavy atom. The van der Waals surface area contributed by atoms with Crippen LogP contribution in [0.1, 0.15) is 22.6 Å². The van der Waals surface area contributed by atoms with Gasteiger partial charge in [-0.1, -0.05) is 12.1 Å². The molecule has 1 aromatic heterocycles. The van der Waals surface area contributed by atoms with Crippen molar-refractivity contribution in [2.45, 2.75) is 20.0 Å². The van der Waals surface area contributed by atoms with E-state index in [0.29, 0.717) is 23.8 Å². The summed E-state index contributed by atoms with van der Waals surface area (Å²) in [7, 11) is 1.99. The molecule has 3 N–H and O–H groups in total. The monoisotopic (exact) mass is 282 g/mol. The predicted molar refractivity (Wildman–Crippen MR) is 80.9 cm³/mol. The Bertz CT molecular complexity index is 661. The van der Waals surface area contributed by atoms with Crippen LogP contribution in [0, 0.1) is 18.3 Å². The van der Waals surface area contributed by atoms with Gasteiger partial charge in [0.05, 0.1) is 18.2 Å². The molecule has 0 aliphatic heterocycles. The van der Waals surface area contributed by atoms with Crippen LogP contribution in [0.3, 0.4) is 0 Å². The number of nitrogens with two attached hydrogens (primary N) is 1. The van der Waals surface area contributed by atoms with E-state index in [1.807, 2.05) is 32.2 Å². The summed E-state index contributed by atoms with van der Waals surface area (Å²) < 4.78 is 0. The van der Waals surface area contributed by atoms with E-state index < -0.39 is 0 Å². The van der Waals surface area contributed by atoms with Gasteiger partial charge < -0.3 is 5.43 Å². The summed E-state index contributed by atoms with van der Waals surface area (Å²) in [5, 5.41) is 8.92. The van der Waals surface area contributed by atoms with Gasteiger partial charge in [0, 0.05) is 18.3 Å². The van der Waals surface area contributed by atoms with Crippen molar-refractivity contribution < 1.29 is 0 Å². The molecule has 0 amide bonds. The zero-order valence-electron chi connectivity index (χ0n) is 12.2. The lowest BCUT2D eigenvalue weighted by Gasteiger charge is -2.16. The number of nitriles is 1. The summed E-state index contributed by atoms with van der Waals surface area (Å²) in [6.45, 7) is 3.23. The van der Waals surface area contributed by atoms with Gasteiger partial charge in [0.2, 0.25) is 0 Å². The first-order valence-corrected chi connectivity index (χ1v) is 6.59. The number of benzene rings is 1. The molecule has 2 rings (SSSR count). The van der Waals surface area contributed by atoms with E-state index in [0.717, 1.165) is 17.8 Å². The Kier molecular flexibility index (Phi) is 4.82. The molecule has 0 aliphatic carbocycles. The Hall–Kier alpha value is -2.49. The highest BCUT2D eigenvalue weighted by Crippen LogP contribution is 2.10. The maximum atomic E-state index is 8.92. The van der Waals surface area contributed by atoms with Crippen molar-refractivity contribution in [3.05, 3.63) is 53.0 Å². The molecule has 6 nitrogen and oxygen atoms in total. The molecule has 0 fully saturated rings. The maximum Gasteiger partial charge on any atom is 0.145 e. The second-order valence-electron chi connectivity index (χ2n) is 4.94. The van der Waals surface area contributed by atoms with Gasteiger partial charge in [0.15, 0.2) is 0 Å². The summed E-state index contributed by atoms with van der Waals surface area (Å²) in [5.41, 5.74) is 5.16. The first-order valence-electron chi connectivity index (χ1n) is 6.59. The second-order valence-corrected chi connectivity index (χ2v) is 4.94. The highest BCUT2D eigenvalue weighted by molar-refractivity contribution is 5.34. The molecular formula is C15H18N6. The van der Waals surface area contributed by atoms with Crippen molar-refractivity contribution in [3.63, 3.8) is 0 Å². The van der Waals surface area contributed by atoms with Crippen molar-refractivity contribution in [1.29, 1.82) is 5.26 Å². The lowest BCUT2D eigenvalue weighted by atomic mass is 10.1. The Labute approximate surface area is 124 Å². The number of anilines is 1. The average Bonchev–Trinajstić information content (AvgIpc) is 2.46. The maximum absolute atomic E-state index is 8.92. The zero-order valence-corrected chi connectivity index (χ0v) is 12.2. The van der Waals surface area contributed by atoms with Crippen LogP contribution in [0.15, 0.2) is 30.3 Å². The quantitative estimate of drug-likeness (QED) is 0.639. The number of aromatic nitrogens is 2. The van der Waals surface area contributed by atoms with E-state index in [4.69, 9.17) is 11.1 Å². The van der Waals surface area contributed by atoms with Crippen molar-refractivity contribution in [1.82, 2.24) is 14.9 Å². The van der Waals surface area contributed by atoms with Crippen LogP contribution in [0.2, 0.25) is 0 Å². The zero-order chi connectivity index (χ0) is 15.2. The van der Waals surface area contributed by atoms with Gasteiger partial charge >= 0.3 is 0 Å². The van der Waals surface area contributed by atoms with E-state index in [1.54, 1.807) is 12.1 Å². The first-order chi connectivity index (χ1) is 10.1. The number of nitrogen functional groups attached to an aromatic ring is 1. The van der Waals surface area contributed by atoms with E-state index >= 15 is 0 Å². The van der Waals surface area contributed by atoms with Gasteiger partial charge in [-0.25, -0.2) is 15.8 Å². The SMILES string of the molecule is Cc1cc(NN)nc(CN(C)Cc2cccc(C#N)c2)n1. The fourth-order valence-corrected chi connectivity index (χ4v) is 2.12. The first kappa shape index (κ1) is 14.9. The molecule has 1 heterocycles. The van der Waals surface area contributed by atoms with Crippen LogP contribution in [-0.4, -0.2) is 21.9 Å². The molecule has 2 aromatic rings. The van der Waals surface area contributed by atoms with Gasteiger partial charge in [-0.05, 0) is 31.7 Å². The van der Waals surface area contributed by atoms with Crippen LogP contribution < -0.4 is 11.3 Å². The van der Waals surface area contributed by atoms with Crippen molar-refractivity contribution in [2.24, 2.45) is 5.84 Å². The number of nitrogens with one attached hydrogen (secondary N) is 1. The predicted octanol–water partition coefficient (Wildman–Crippen LogP) is 1.57. The van der Waals surface area contributed by atoms with E-state index in [-0.39, 0.29) is 0 Å². The molecule has 0 aliphatic rings. The molecule has 0 saturated carbocycles. The second kappa shape index (κ2) is 6.79. The van der Waals surface area contributed by atoms with E-state index in [1.165, 1.54) is 0 Å². The number of nitrogens with zero attached hydrogens (tertiary/aromatic N) is 4. The largest absolute Gasteiger partial charge is 0.308 e. The van der Waals surface area contributed by atoms with Crippen LogP contribution >= 0.6 is 0 Å². The number of rotatable bonds is 5. The molecule has 1 aromatic carbocycles. The summed E-state index contributed by atoms with van der Waals surface area (Å²) in [6, 6.07) is 11.5. The average molecular weight is 282 g/mol. The van der Waals surface area contributed by atoms with Crippen molar-refractivity contribution in [3.8, 4) is 6.07 Å². The van der Waals surface area contributed by atoms with Gasteiger partial charge in [-0.2, -0.15) is 5.26 Å². The fourth-order valence-electron chi connectivity index (χ4n) is 2.12. The summed E-state index contributed by atoms with van der Waals surface area (Å²) in [4.78, 5) is 10.8. The highest BCUT2D eigenvalue weighted by Gasteiger charge is 2.07. The number of hydrogen-bond donors (Lipinski definition) is 2. The molecule has 0 bridgehead atoms. The number of hydrazine groups is 1.